The van der Waals surface area contributed by atoms with Crippen molar-refractivity contribution in [3.8, 4) is 5.75 Å². The summed E-state index contributed by atoms with van der Waals surface area (Å²) in [6, 6.07) is 13.4. The number of nitrogens with zero attached hydrogens (tertiary/aromatic N) is 2. The Kier molecular flexibility index (Phi) is 4.44. The molecule has 0 aromatic heterocycles. The number of carbonyl (C=O) groups excluding carboxylic acids is 2. The Labute approximate surface area is 160 Å². The van der Waals surface area contributed by atoms with Gasteiger partial charge in [0.15, 0.2) is 0 Å². The van der Waals surface area contributed by atoms with Crippen LogP contribution in [0.2, 0.25) is 0 Å². The highest BCUT2D eigenvalue weighted by Crippen LogP contribution is 2.34. The van der Waals surface area contributed by atoms with E-state index in [4.69, 9.17) is 4.74 Å². The van der Waals surface area contributed by atoms with E-state index >= 15 is 0 Å². The molecule has 0 radical (unpaired) electrons. The van der Waals surface area contributed by atoms with Gasteiger partial charge in [0.05, 0.1) is 13.0 Å². The zero-order valence-electron chi connectivity index (χ0n) is 14.4. The zero-order chi connectivity index (χ0) is 18.3. The molecule has 5 nitrogen and oxygen atoms in total. The Hall–Kier alpha value is -2.34. The van der Waals surface area contributed by atoms with Crippen LogP contribution in [0.25, 0.3) is 0 Å². The first kappa shape index (κ1) is 17.1. The molecule has 0 saturated carbocycles. The van der Waals surface area contributed by atoms with E-state index in [0.29, 0.717) is 18.8 Å². The van der Waals surface area contributed by atoms with Gasteiger partial charge in [0, 0.05) is 41.4 Å². The first-order valence-corrected chi connectivity index (χ1v) is 9.40. The SMILES string of the molecule is COc1cccc(N2CC(C(=O)N3CCc4cc(Br)ccc43)CC2=O)c1. The molecule has 1 fully saturated rings. The lowest BCUT2D eigenvalue weighted by atomic mass is 10.1. The van der Waals surface area contributed by atoms with Gasteiger partial charge in [-0.15, -0.1) is 0 Å². The smallest absolute Gasteiger partial charge is 0.232 e. The van der Waals surface area contributed by atoms with E-state index in [0.717, 1.165) is 22.3 Å². The summed E-state index contributed by atoms with van der Waals surface area (Å²) in [4.78, 5) is 29.1. The lowest BCUT2D eigenvalue weighted by Gasteiger charge is -2.22. The summed E-state index contributed by atoms with van der Waals surface area (Å²) < 4.78 is 6.26. The Morgan fingerprint density at radius 1 is 1.23 bits per heavy atom. The minimum Gasteiger partial charge on any atom is -0.497 e. The highest BCUT2D eigenvalue weighted by atomic mass is 79.9. The standard InChI is InChI=1S/C20H19BrN2O3/c1-26-17-4-2-3-16(11-17)23-12-14(10-19(23)24)20(25)22-8-7-13-9-15(21)5-6-18(13)22/h2-6,9,11,14H,7-8,10,12H2,1H3. The Balaban J connectivity index is 1.53. The molecule has 1 saturated heterocycles. The second kappa shape index (κ2) is 6.76. The summed E-state index contributed by atoms with van der Waals surface area (Å²) in [6.07, 6.45) is 1.10. The Morgan fingerprint density at radius 2 is 2.08 bits per heavy atom. The normalized spacial score (nSPS) is 19.0. The quantitative estimate of drug-likeness (QED) is 0.772. The molecular weight excluding hydrogens is 396 g/mol. The Morgan fingerprint density at radius 3 is 2.88 bits per heavy atom. The molecule has 1 atom stereocenters. The van der Waals surface area contributed by atoms with Crippen LogP contribution in [0.1, 0.15) is 12.0 Å². The van der Waals surface area contributed by atoms with Crippen LogP contribution in [-0.4, -0.2) is 32.0 Å². The van der Waals surface area contributed by atoms with Crippen LogP contribution in [-0.2, 0) is 16.0 Å². The molecule has 1 unspecified atom stereocenters. The van der Waals surface area contributed by atoms with Crippen molar-refractivity contribution < 1.29 is 14.3 Å². The van der Waals surface area contributed by atoms with Crippen molar-refractivity contribution >= 4 is 39.1 Å². The van der Waals surface area contributed by atoms with Crippen molar-refractivity contribution in [2.75, 3.05) is 30.0 Å². The van der Waals surface area contributed by atoms with Crippen molar-refractivity contribution in [3.63, 3.8) is 0 Å². The number of halogens is 1. The van der Waals surface area contributed by atoms with Crippen molar-refractivity contribution in [1.82, 2.24) is 0 Å². The average Bonchev–Trinajstić information content (AvgIpc) is 3.24. The van der Waals surface area contributed by atoms with Gasteiger partial charge in [0.2, 0.25) is 11.8 Å². The monoisotopic (exact) mass is 414 g/mol. The van der Waals surface area contributed by atoms with Gasteiger partial charge in [-0.1, -0.05) is 22.0 Å². The zero-order valence-corrected chi connectivity index (χ0v) is 16.0. The number of ether oxygens (including phenoxy) is 1. The third kappa shape index (κ3) is 2.98. The molecule has 6 heteroatoms. The fraction of sp³-hybridized carbons (Fsp3) is 0.300. The molecule has 0 spiro atoms. The van der Waals surface area contributed by atoms with Gasteiger partial charge in [0.25, 0.3) is 0 Å². The highest BCUT2D eigenvalue weighted by Gasteiger charge is 2.39. The van der Waals surface area contributed by atoms with Gasteiger partial charge < -0.3 is 14.5 Å². The number of carbonyl (C=O) groups is 2. The second-order valence-corrected chi connectivity index (χ2v) is 7.54. The average molecular weight is 415 g/mol. The van der Waals surface area contributed by atoms with Crippen LogP contribution in [0.5, 0.6) is 5.75 Å². The topological polar surface area (TPSA) is 49.9 Å². The number of hydrogen-bond acceptors (Lipinski definition) is 3. The maximum absolute atomic E-state index is 13.1. The maximum atomic E-state index is 13.1. The number of benzene rings is 2. The lowest BCUT2D eigenvalue weighted by Crippen LogP contribution is -2.36. The van der Waals surface area contributed by atoms with E-state index in [1.165, 1.54) is 5.56 Å². The molecule has 26 heavy (non-hydrogen) atoms. The van der Waals surface area contributed by atoms with Gasteiger partial charge in [-0.2, -0.15) is 0 Å². The first-order valence-electron chi connectivity index (χ1n) is 8.61. The van der Waals surface area contributed by atoms with E-state index in [-0.39, 0.29) is 24.2 Å². The number of anilines is 2. The summed E-state index contributed by atoms with van der Waals surface area (Å²) in [5.74, 6) is 0.393. The minimum absolute atomic E-state index is 0.0215. The summed E-state index contributed by atoms with van der Waals surface area (Å²) >= 11 is 3.48. The van der Waals surface area contributed by atoms with Crippen LogP contribution in [0, 0.1) is 5.92 Å². The van der Waals surface area contributed by atoms with E-state index in [2.05, 4.69) is 22.0 Å². The maximum Gasteiger partial charge on any atom is 0.232 e. The fourth-order valence-electron chi connectivity index (χ4n) is 3.72. The summed E-state index contributed by atoms with van der Waals surface area (Å²) in [5, 5.41) is 0. The van der Waals surface area contributed by atoms with E-state index in [1.807, 2.05) is 41.3 Å². The molecule has 0 aliphatic carbocycles. The molecule has 4 rings (SSSR count). The molecule has 2 aliphatic rings. The fourth-order valence-corrected chi connectivity index (χ4v) is 4.13. The molecule has 0 bridgehead atoms. The number of fused-ring (bicyclic) bond motifs is 1. The van der Waals surface area contributed by atoms with Gasteiger partial charge in [0.1, 0.15) is 5.75 Å². The van der Waals surface area contributed by atoms with Crippen LogP contribution in [0.3, 0.4) is 0 Å². The summed E-state index contributed by atoms with van der Waals surface area (Å²) in [7, 11) is 1.60. The highest BCUT2D eigenvalue weighted by molar-refractivity contribution is 9.10. The molecule has 2 heterocycles. The van der Waals surface area contributed by atoms with E-state index < -0.39 is 0 Å². The van der Waals surface area contributed by atoms with Crippen LogP contribution < -0.4 is 14.5 Å². The third-order valence-corrected chi connectivity index (χ3v) is 5.54. The molecular formula is C20H19BrN2O3. The van der Waals surface area contributed by atoms with Crippen molar-refractivity contribution in [2.45, 2.75) is 12.8 Å². The molecule has 2 amide bonds. The van der Waals surface area contributed by atoms with E-state index in [1.54, 1.807) is 12.0 Å². The molecule has 2 aromatic rings. The van der Waals surface area contributed by atoms with Crippen LogP contribution >= 0.6 is 15.9 Å². The molecule has 0 N–H and O–H groups in total. The summed E-state index contributed by atoms with van der Waals surface area (Å²) in [6.45, 7) is 1.08. The Bertz CT molecular complexity index is 883. The van der Waals surface area contributed by atoms with Gasteiger partial charge >= 0.3 is 0 Å². The van der Waals surface area contributed by atoms with Gasteiger partial charge in [-0.05, 0) is 42.3 Å². The van der Waals surface area contributed by atoms with Crippen LogP contribution in [0.4, 0.5) is 11.4 Å². The van der Waals surface area contributed by atoms with Crippen molar-refractivity contribution in [1.29, 1.82) is 0 Å². The first-order chi connectivity index (χ1) is 12.6. The number of methoxy groups -OCH3 is 1. The second-order valence-electron chi connectivity index (χ2n) is 6.62. The molecule has 2 aliphatic heterocycles. The molecule has 2 aromatic carbocycles. The van der Waals surface area contributed by atoms with Crippen LogP contribution in [0.15, 0.2) is 46.9 Å². The lowest BCUT2D eigenvalue weighted by molar-refractivity contribution is -0.124. The van der Waals surface area contributed by atoms with Gasteiger partial charge in [-0.3, -0.25) is 9.59 Å². The minimum atomic E-state index is -0.316. The molecule has 134 valence electrons. The van der Waals surface area contributed by atoms with E-state index in [9.17, 15) is 9.59 Å². The number of hydrogen-bond donors (Lipinski definition) is 0. The van der Waals surface area contributed by atoms with Crippen molar-refractivity contribution in [2.24, 2.45) is 5.92 Å². The summed E-state index contributed by atoms with van der Waals surface area (Å²) in [5.41, 5.74) is 2.91. The van der Waals surface area contributed by atoms with Crippen molar-refractivity contribution in [3.05, 3.63) is 52.5 Å². The number of rotatable bonds is 3. The predicted molar refractivity (Wildman–Crippen MR) is 104 cm³/mol. The largest absolute Gasteiger partial charge is 0.497 e. The predicted octanol–water partition coefficient (Wildman–Crippen LogP) is 3.40. The number of amides is 2. The third-order valence-electron chi connectivity index (χ3n) is 5.04. The van der Waals surface area contributed by atoms with Gasteiger partial charge in [-0.25, -0.2) is 0 Å².